The molecule has 0 aromatic carbocycles. The fourth-order valence-electron chi connectivity index (χ4n) is 0.590. The number of nitrogens with one attached hydrogen (secondary N) is 1. The minimum Gasteiger partial charge on any atom is -0.265 e. The molecule has 0 aliphatic heterocycles. The van der Waals surface area contributed by atoms with Gasteiger partial charge in [0, 0.05) is 13.3 Å². The fourth-order valence-corrected chi connectivity index (χ4v) is 0.976. The lowest BCUT2D eigenvalue weighted by Crippen LogP contribution is -2.33. The predicted octanol–water partition coefficient (Wildman–Crippen LogP) is -0.648. The molecule has 6 heteroatoms. The third-order valence-corrected chi connectivity index (χ3v) is 1.70. The van der Waals surface area contributed by atoms with Gasteiger partial charge in [0.1, 0.15) is 0 Å². The van der Waals surface area contributed by atoms with E-state index in [2.05, 4.69) is 16.3 Å². The van der Waals surface area contributed by atoms with Gasteiger partial charge in [-0.25, -0.2) is 0 Å². The first-order valence-corrected chi connectivity index (χ1v) is 3.73. The van der Waals surface area contributed by atoms with Crippen molar-refractivity contribution in [2.45, 2.75) is 5.16 Å². The van der Waals surface area contributed by atoms with E-state index in [4.69, 9.17) is 0 Å². The monoisotopic (exact) mass is 172 g/mol. The van der Waals surface area contributed by atoms with E-state index in [1.165, 1.54) is 4.68 Å². The first-order valence-electron chi connectivity index (χ1n) is 2.74. The van der Waals surface area contributed by atoms with Crippen LogP contribution in [0.2, 0.25) is 0 Å². The van der Waals surface area contributed by atoms with Crippen LogP contribution in [0.5, 0.6) is 0 Å². The van der Waals surface area contributed by atoms with Crippen molar-refractivity contribution >= 4 is 11.8 Å². The van der Waals surface area contributed by atoms with Gasteiger partial charge in [0.15, 0.2) is 5.16 Å². The Morgan fingerprint density at radius 2 is 2.27 bits per heavy atom. The number of hydrogen-bond donors (Lipinski definition) is 1. The van der Waals surface area contributed by atoms with Crippen molar-refractivity contribution in [3.63, 3.8) is 0 Å². The zero-order chi connectivity index (χ0) is 8.43. The van der Waals surface area contributed by atoms with Crippen LogP contribution in [-0.2, 0) is 7.05 Å². The van der Waals surface area contributed by atoms with Crippen LogP contribution in [0.25, 0.3) is 0 Å². The van der Waals surface area contributed by atoms with Crippen LogP contribution in [0.15, 0.2) is 14.7 Å². The van der Waals surface area contributed by atoms with Crippen LogP contribution >= 0.6 is 11.8 Å². The summed E-state index contributed by atoms with van der Waals surface area (Å²) in [6, 6.07) is 0. The standard InChI is InChI=1S/C5H6N3O2S/c1-8-5(11-2)6-3(9)4(10)7-8/h2H2,1H3,(H,7,10). The SMILES string of the molecule is [CH2]Sc1nc(=O)c(=O)[nH]n1C. The average Bonchev–Trinajstić information content (AvgIpc) is 1.97. The molecule has 1 rings (SSSR count). The molecule has 59 valence electrons. The predicted molar refractivity (Wildman–Crippen MR) is 41.3 cm³/mol. The molecule has 5 nitrogen and oxygen atoms in total. The molecule has 0 fully saturated rings. The third-order valence-electron chi connectivity index (χ3n) is 1.08. The van der Waals surface area contributed by atoms with Crippen LogP contribution in [0, 0.1) is 6.26 Å². The Morgan fingerprint density at radius 1 is 1.64 bits per heavy atom. The maximum atomic E-state index is 10.6. The quantitative estimate of drug-likeness (QED) is 0.451. The lowest BCUT2D eigenvalue weighted by Gasteiger charge is -2.00. The summed E-state index contributed by atoms with van der Waals surface area (Å²) in [6.07, 6.45) is 3.46. The zero-order valence-corrected chi connectivity index (χ0v) is 6.64. The maximum Gasteiger partial charge on any atom is 0.339 e. The Morgan fingerprint density at radius 3 is 2.82 bits per heavy atom. The third kappa shape index (κ3) is 1.51. The van der Waals surface area contributed by atoms with Crippen LogP contribution in [0.4, 0.5) is 0 Å². The van der Waals surface area contributed by atoms with Crippen molar-refractivity contribution in [2.75, 3.05) is 0 Å². The van der Waals surface area contributed by atoms with Gasteiger partial charge in [-0.2, -0.15) is 4.98 Å². The zero-order valence-electron chi connectivity index (χ0n) is 5.83. The largest absolute Gasteiger partial charge is 0.339 e. The normalized spacial score (nSPS) is 10.0. The molecule has 0 aliphatic rings. The number of aromatic amines is 1. The van der Waals surface area contributed by atoms with Crippen LogP contribution in [-0.4, -0.2) is 14.8 Å². The lowest BCUT2D eigenvalue weighted by molar-refractivity contribution is 0.597. The molecule has 0 spiro atoms. The number of H-pyrrole nitrogens is 1. The number of aryl methyl sites for hydroxylation is 1. The maximum absolute atomic E-state index is 10.6. The van der Waals surface area contributed by atoms with Gasteiger partial charge in [-0.05, 0) is 0 Å². The lowest BCUT2D eigenvalue weighted by atomic mass is 10.8. The van der Waals surface area contributed by atoms with Crippen molar-refractivity contribution in [2.24, 2.45) is 7.05 Å². The van der Waals surface area contributed by atoms with E-state index >= 15 is 0 Å². The summed E-state index contributed by atoms with van der Waals surface area (Å²) in [7, 11) is 1.58. The topological polar surface area (TPSA) is 67.8 Å². The van der Waals surface area contributed by atoms with Crippen molar-refractivity contribution < 1.29 is 0 Å². The molecule has 1 aromatic rings. The molecule has 1 radical (unpaired) electrons. The van der Waals surface area contributed by atoms with E-state index in [-0.39, 0.29) is 0 Å². The van der Waals surface area contributed by atoms with Crippen molar-refractivity contribution in [3.05, 3.63) is 27.0 Å². The summed E-state index contributed by atoms with van der Waals surface area (Å²) < 4.78 is 1.35. The van der Waals surface area contributed by atoms with Gasteiger partial charge in [-0.3, -0.25) is 19.4 Å². The summed E-state index contributed by atoms with van der Waals surface area (Å²) in [5.41, 5.74) is -1.50. The Balaban J connectivity index is 3.44. The molecule has 0 saturated carbocycles. The van der Waals surface area contributed by atoms with Gasteiger partial charge in [0.05, 0.1) is 0 Å². The molecule has 0 saturated heterocycles. The second kappa shape index (κ2) is 2.91. The first-order chi connectivity index (χ1) is 5.15. The molecule has 1 heterocycles. The molecule has 0 atom stereocenters. The van der Waals surface area contributed by atoms with Gasteiger partial charge >= 0.3 is 11.1 Å². The Kier molecular flexibility index (Phi) is 2.13. The summed E-state index contributed by atoms with van der Waals surface area (Å²) in [6.45, 7) is 0. The fraction of sp³-hybridized carbons (Fsp3) is 0.200. The van der Waals surface area contributed by atoms with Crippen LogP contribution in [0.3, 0.4) is 0 Å². The highest BCUT2D eigenvalue weighted by Crippen LogP contribution is 2.06. The van der Waals surface area contributed by atoms with E-state index in [0.717, 1.165) is 11.8 Å². The Bertz CT molecular complexity index is 367. The van der Waals surface area contributed by atoms with Crippen molar-refractivity contribution in [3.8, 4) is 0 Å². The number of hydrogen-bond acceptors (Lipinski definition) is 4. The molecular weight excluding hydrogens is 166 g/mol. The van der Waals surface area contributed by atoms with Crippen molar-refractivity contribution in [1.82, 2.24) is 14.8 Å². The molecule has 0 aliphatic carbocycles. The molecular formula is C5H6N3O2S. The van der Waals surface area contributed by atoms with E-state index in [1.807, 2.05) is 0 Å². The molecule has 1 aromatic heterocycles. The van der Waals surface area contributed by atoms with E-state index < -0.39 is 11.1 Å². The van der Waals surface area contributed by atoms with Crippen LogP contribution in [0.1, 0.15) is 0 Å². The summed E-state index contributed by atoms with van der Waals surface area (Å²) >= 11 is 1.05. The average molecular weight is 172 g/mol. The van der Waals surface area contributed by atoms with Gasteiger partial charge < -0.3 is 0 Å². The van der Waals surface area contributed by atoms with Gasteiger partial charge in [0.2, 0.25) is 0 Å². The van der Waals surface area contributed by atoms with Gasteiger partial charge in [0.25, 0.3) is 0 Å². The number of aromatic nitrogens is 3. The molecule has 1 N–H and O–H groups in total. The highest BCUT2D eigenvalue weighted by molar-refractivity contribution is 8.00. The smallest absolute Gasteiger partial charge is 0.265 e. The molecule has 0 unspecified atom stereocenters. The molecule has 0 amide bonds. The van der Waals surface area contributed by atoms with Crippen molar-refractivity contribution in [1.29, 1.82) is 0 Å². The highest BCUT2D eigenvalue weighted by Gasteiger charge is 2.00. The molecule has 0 bridgehead atoms. The molecule has 11 heavy (non-hydrogen) atoms. The van der Waals surface area contributed by atoms with Gasteiger partial charge in [-0.1, -0.05) is 11.8 Å². The summed E-state index contributed by atoms with van der Waals surface area (Å²) in [5.74, 6) is 0. The Hall–Kier alpha value is -1.04. The Labute approximate surface area is 66.4 Å². The van der Waals surface area contributed by atoms with E-state index in [1.54, 1.807) is 7.05 Å². The summed E-state index contributed by atoms with van der Waals surface area (Å²) in [5, 5.41) is 2.67. The number of thioether (sulfide) groups is 1. The van der Waals surface area contributed by atoms with E-state index in [9.17, 15) is 9.59 Å². The first kappa shape index (κ1) is 8.06. The van der Waals surface area contributed by atoms with Gasteiger partial charge in [-0.15, -0.1) is 0 Å². The van der Waals surface area contributed by atoms with E-state index in [0.29, 0.717) is 5.16 Å². The number of nitrogens with zero attached hydrogens (tertiary/aromatic N) is 2. The minimum atomic E-state index is -0.783. The highest BCUT2D eigenvalue weighted by atomic mass is 32.2. The summed E-state index contributed by atoms with van der Waals surface area (Å²) in [4.78, 5) is 24.7. The number of rotatable bonds is 1. The minimum absolute atomic E-state index is 0.384. The second-order valence-corrected chi connectivity index (χ2v) is 2.50. The van der Waals surface area contributed by atoms with Crippen LogP contribution < -0.4 is 11.1 Å². The second-order valence-electron chi connectivity index (χ2n) is 1.84.